The molecule has 1 saturated heterocycles. The van der Waals surface area contributed by atoms with Crippen molar-refractivity contribution < 1.29 is 4.79 Å². The lowest BCUT2D eigenvalue weighted by Crippen LogP contribution is -2.26. The molecular weight excluding hydrogens is 228 g/mol. The molecule has 98 valence electrons. The number of rotatable bonds is 3. The number of nitrogen functional groups attached to an aromatic ring is 1. The highest BCUT2D eigenvalue weighted by atomic mass is 16.2. The van der Waals surface area contributed by atoms with Gasteiger partial charge < -0.3 is 10.6 Å². The minimum absolute atomic E-state index is 0.192. The second-order valence-corrected chi connectivity index (χ2v) is 5.33. The van der Waals surface area contributed by atoms with Crippen LogP contribution in [0.2, 0.25) is 0 Å². The first-order chi connectivity index (χ1) is 8.45. The summed E-state index contributed by atoms with van der Waals surface area (Å²) in [6.45, 7) is 7.46. The summed E-state index contributed by atoms with van der Waals surface area (Å²) in [5.41, 5.74) is 6.53. The molecule has 0 saturated carbocycles. The lowest BCUT2D eigenvalue weighted by Gasteiger charge is -2.17. The van der Waals surface area contributed by atoms with E-state index in [0.29, 0.717) is 36.4 Å². The first kappa shape index (κ1) is 12.8. The van der Waals surface area contributed by atoms with Gasteiger partial charge in [-0.1, -0.05) is 13.8 Å². The highest BCUT2D eigenvalue weighted by molar-refractivity contribution is 5.78. The Kier molecular flexibility index (Phi) is 3.50. The molecule has 2 N–H and O–H groups in total. The fourth-order valence-electron chi connectivity index (χ4n) is 2.30. The standard InChI is InChI=1S/C13H20N4O/c1-8(2)10-5-13(18)17(6-10)7-12-15-9(3)4-11(14)16-12/h4,8,10H,5-7H2,1-3H3,(H2,14,15,16). The van der Waals surface area contributed by atoms with E-state index in [1.807, 2.05) is 11.8 Å². The van der Waals surface area contributed by atoms with Gasteiger partial charge in [-0.25, -0.2) is 9.97 Å². The topological polar surface area (TPSA) is 72.1 Å². The molecule has 5 heteroatoms. The van der Waals surface area contributed by atoms with E-state index in [2.05, 4.69) is 23.8 Å². The van der Waals surface area contributed by atoms with E-state index in [1.165, 1.54) is 0 Å². The Hall–Kier alpha value is -1.65. The van der Waals surface area contributed by atoms with Crippen LogP contribution in [0.4, 0.5) is 5.82 Å². The normalized spacial score (nSPS) is 19.9. The molecule has 0 aliphatic carbocycles. The van der Waals surface area contributed by atoms with Crippen molar-refractivity contribution in [2.24, 2.45) is 11.8 Å². The van der Waals surface area contributed by atoms with Gasteiger partial charge in [-0.3, -0.25) is 4.79 Å². The van der Waals surface area contributed by atoms with E-state index < -0.39 is 0 Å². The summed E-state index contributed by atoms with van der Waals surface area (Å²) in [5, 5.41) is 0. The van der Waals surface area contributed by atoms with Crippen LogP contribution in [-0.4, -0.2) is 27.3 Å². The van der Waals surface area contributed by atoms with Crippen LogP contribution >= 0.6 is 0 Å². The number of aromatic nitrogens is 2. The predicted octanol–water partition coefficient (Wildman–Crippen LogP) is 1.37. The van der Waals surface area contributed by atoms with Gasteiger partial charge in [0.1, 0.15) is 11.6 Å². The molecule has 0 bridgehead atoms. The SMILES string of the molecule is Cc1cc(N)nc(CN2CC(C(C)C)CC2=O)n1. The van der Waals surface area contributed by atoms with Gasteiger partial charge in [0.05, 0.1) is 6.54 Å². The monoisotopic (exact) mass is 248 g/mol. The molecule has 1 fully saturated rings. The molecule has 1 unspecified atom stereocenters. The second-order valence-electron chi connectivity index (χ2n) is 5.33. The zero-order chi connectivity index (χ0) is 13.3. The number of aryl methyl sites for hydroxylation is 1. The molecule has 1 aliphatic rings. The number of hydrogen-bond acceptors (Lipinski definition) is 4. The van der Waals surface area contributed by atoms with Gasteiger partial charge in [0.15, 0.2) is 0 Å². The average Bonchev–Trinajstić information content (AvgIpc) is 2.59. The van der Waals surface area contributed by atoms with Gasteiger partial charge in [-0.15, -0.1) is 0 Å². The Morgan fingerprint density at radius 2 is 2.22 bits per heavy atom. The molecule has 1 aliphatic heterocycles. The van der Waals surface area contributed by atoms with Gasteiger partial charge >= 0.3 is 0 Å². The summed E-state index contributed by atoms with van der Waals surface area (Å²) in [6.07, 6.45) is 0.638. The van der Waals surface area contributed by atoms with E-state index in [4.69, 9.17) is 5.73 Å². The zero-order valence-corrected chi connectivity index (χ0v) is 11.2. The summed E-state index contributed by atoms with van der Waals surface area (Å²) in [5.74, 6) is 2.26. The van der Waals surface area contributed by atoms with Crippen molar-refractivity contribution in [2.75, 3.05) is 12.3 Å². The lowest BCUT2D eigenvalue weighted by atomic mass is 9.95. The molecule has 1 aromatic rings. The van der Waals surface area contributed by atoms with Crippen molar-refractivity contribution in [3.63, 3.8) is 0 Å². The number of hydrogen-bond donors (Lipinski definition) is 1. The number of amides is 1. The fraction of sp³-hybridized carbons (Fsp3) is 0.615. The molecular formula is C13H20N4O. The second kappa shape index (κ2) is 4.92. The molecule has 0 aromatic carbocycles. The van der Waals surface area contributed by atoms with Crippen molar-refractivity contribution in [1.29, 1.82) is 0 Å². The van der Waals surface area contributed by atoms with Crippen LogP contribution < -0.4 is 5.73 Å². The Labute approximate surface area is 107 Å². The molecule has 18 heavy (non-hydrogen) atoms. The number of anilines is 1. The highest BCUT2D eigenvalue weighted by Gasteiger charge is 2.31. The maximum absolute atomic E-state index is 11.9. The van der Waals surface area contributed by atoms with Gasteiger partial charge in [0.2, 0.25) is 5.91 Å². The summed E-state index contributed by atoms with van der Waals surface area (Å²) >= 11 is 0. The number of carbonyl (C=O) groups excluding carboxylic acids is 1. The third-order valence-electron chi connectivity index (χ3n) is 3.44. The van der Waals surface area contributed by atoms with Gasteiger partial charge in [-0.2, -0.15) is 0 Å². The lowest BCUT2D eigenvalue weighted by molar-refractivity contribution is -0.128. The molecule has 2 heterocycles. The van der Waals surface area contributed by atoms with Gasteiger partial charge in [0, 0.05) is 24.7 Å². The summed E-state index contributed by atoms with van der Waals surface area (Å²) in [7, 11) is 0. The highest BCUT2D eigenvalue weighted by Crippen LogP contribution is 2.25. The Morgan fingerprint density at radius 3 is 2.78 bits per heavy atom. The number of likely N-dealkylation sites (tertiary alicyclic amines) is 1. The van der Waals surface area contributed by atoms with E-state index in [9.17, 15) is 4.79 Å². The Bertz CT molecular complexity index is 438. The van der Waals surface area contributed by atoms with E-state index in [1.54, 1.807) is 6.07 Å². The molecule has 5 nitrogen and oxygen atoms in total. The summed E-state index contributed by atoms with van der Waals surface area (Å²) in [4.78, 5) is 22.2. The minimum Gasteiger partial charge on any atom is -0.384 e. The molecule has 0 radical (unpaired) electrons. The van der Waals surface area contributed by atoms with Gasteiger partial charge in [0.25, 0.3) is 0 Å². The van der Waals surface area contributed by atoms with Crippen LogP contribution in [0.25, 0.3) is 0 Å². The van der Waals surface area contributed by atoms with E-state index in [0.717, 1.165) is 12.2 Å². The first-order valence-electron chi connectivity index (χ1n) is 6.33. The predicted molar refractivity (Wildman–Crippen MR) is 69.5 cm³/mol. The number of carbonyl (C=O) groups is 1. The van der Waals surface area contributed by atoms with Crippen molar-refractivity contribution in [3.05, 3.63) is 17.6 Å². The van der Waals surface area contributed by atoms with Crippen LogP contribution in [-0.2, 0) is 11.3 Å². The maximum Gasteiger partial charge on any atom is 0.223 e. The number of nitrogens with two attached hydrogens (primary N) is 1. The largest absolute Gasteiger partial charge is 0.384 e. The van der Waals surface area contributed by atoms with Crippen molar-refractivity contribution in [3.8, 4) is 0 Å². The molecule has 1 amide bonds. The smallest absolute Gasteiger partial charge is 0.223 e. The van der Waals surface area contributed by atoms with Crippen LogP contribution in [0, 0.1) is 18.8 Å². The third-order valence-corrected chi connectivity index (χ3v) is 3.44. The zero-order valence-electron chi connectivity index (χ0n) is 11.2. The minimum atomic E-state index is 0.192. The van der Waals surface area contributed by atoms with Crippen LogP contribution in [0.15, 0.2) is 6.07 Å². The average molecular weight is 248 g/mol. The molecule has 1 atom stereocenters. The molecule has 2 rings (SSSR count). The van der Waals surface area contributed by atoms with Crippen molar-refractivity contribution >= 4 is 11.7 Å². The van der Waals surface area contributed by atoms with Gasteiger partial charge in [-0.05, 0) is 18.8 Å². The van der Waals surface area contributed by atoms with E-state index >= 15 is 0 Å². The van der Waals surface area contributed by atoms with Crippen molar-refractivity contribution in [2.45, 2.75) is 33.7 Å². The van der Waals surface area contributed by atoms with E-state index in [-0.39, 0.29) is 5.91 Å². The van der Waals surface area contributed by atoms with Crippen LogP contribution in [0.5, 0.6) is 0 Å². The summed E-state index contributed by atoms with van der Waals surface area (Å²) in [6, 6.07) is 1.73. The Morgan fingerprint density at radius 1 is 1.50 bits per heavy atom. The maximum atomic E-state index is 11.9. The van der Waals surface area contributed by atoms with Crippen LogP contribution in [0.1, 0.15) is 31.8 Å². The Balaban J connectivity index is 2.08. The molecule has 1 aromatic heterocycles. The fourth-order valence-corrected chi connectivity index (χ4v) is 2.30. The quantitative estimate of drug-likeness (QED) is 0.877. The third kappa shape index (κ3) is 2.78. The van der Waals surface area contributed by atoms with Crippen molar-refractivity contribution in [1.82, 2.24) is 14.9 Å². The summed E-state index contributed by atoms with van der Waals surface area (Å²) < 4.78 is 0. The first-order valence-corrected chi connectivity index (χ1v) is 6.33. The van der Waals surface area contributed by atoms with Crippen LogP contribution in [0.3, 0.4) is 0 Å². The number of nitrogens with zero attached hydrogens (tertiary/aromatic N) is 3. The molecule has 0 spiro atoms.